The average Bonchev–Trinajstić information content (AvgIpc) is 3.00. The van der Waals surface area contributed by atoms with Crippen LogP contribution in [0.1, 0.15) is 25.0 Å². The SMILES string of the molecule is C=CCc1cc(/C=C2/SC(=Nc3ccccc3)N(C(C)C)C2=O)cc(OC)c1O. The molecule has 1 aliphatic heterocycles. The summed E-state index contributed by atoms with van der Waals surface area (Å²) in [6.45, 7) is 7.66. The molecule has 3 rings (SSSR count). The van der Waals surface area contributed by atoms with E-state index in [4.69, 9.17) is 4.74 Å². The highest BCUT2D eigenvalue weighted by molar-refractivity contribution is 8.18. The van der Waals surface area contributed by atoms with E-state index >= 15 is 0 Å². The van der Waals surface area contributed by atoms with E-state index in [-0.39, 0.29) is 17.7 Å². The van der Waals surface area contributed by atoms with Crippen LogP contribution in [-0.2, 0) is 11.2 Å². The first-order valence-corrected chi connectivity index (χ1v) is 10.1. The molecule has 1 saturated heterocycles. The molecule has 5 nitrogen and oxygen atoms in total. The molecule has 29 heavy (non-hydrogen) atoms. The van der Waals surface area contributed by atoms with Crippen molar-refractivity contribution in [3.63, 3.8) is 0 Å². The van der Waals surface area contributed by atoms with Gasteiger partial charge < -0.3 is 9.84 Å². The maximum Gasteiger partial charge on any atom is 0.266 e. The maximum absolute atomic E-state index is 13.0. The zero-order valence-electron chi connectivity index (χ0n) is 16.8. The number of amidine groups is 1. The molecule has 0 atom stereocenters. The Labute approximate surface area is 175 Å². The Hall–Kier alpha value is -2.99. The van der Waals surface area contributed by atoms with Crippen molar-refractivity contribution in [2.45, 2.75) is 26.3 Å². The highest BCUT2D eigenvalue weighted by Crippen LogP contribution is 2.37. The van der Waals surface area contributed by atoms with Crippen molar-refractivity contribution in [1.82, 2.24) is 4.90 Å². The molecular weight excluding hydrogens is 384 g/mol. The zero-order chi connectivity index (χ0) is 21.0. The molecule has 1 N–H and O–H groups in total. The van der Waals surface area contributed by atoms with Gasteiger partial charge in [0.05, 0.1) is 17.7 Å². The highest BCUT2D eigenvalue weighted by Gasteiger charge is 2.35. The first-order valence-electron chi connectivity index (χ1n) is 9.32. The van der Waals surface area contributed by atoms with Crippen LogP contribution >= 0.6 is 11.8 Å². The number of allylic oxidation sites excluding steroid dienone is 1. The lowest BCUT2D eigenvalue weighted by Gasteiger charge is -2.19. The Morgan fingerprint density at radius 1 is 1.28 bits per heavy atom. The summed E-state index contributed by atoms with van der Waals surface area (Å²) in [6, 6.07) is 13.1. The zero-order valence-corrected chi connectivity index (χ0v) is 17.6. The predicted molar refractivity (Wildman–Crippen MR) is 120 cm³/mol. The van der Waals surface area contributed by atoms with Crippen LogP contribution in [0.15, 0.2) is 65.0 Å². The summed E-state index contributed by atoms with van der Waals surface area (Å²) < 4.78 is 5.28. The Morgan fingerprint density at radius 3 is 2.62 bits per heavy atom. The summed E-state index contributed by atoms with van der Waals surface area (Å²) in [7, 11) is 1.50. The number of aromatic hydroxyl groups is 1. The van der Waals surface area contributed by atoms with E-state index in [1.165, 1.54) is 18.9 Å². The predicted octanol–water partition coefficient (Wildman–Crippen LogP) is 5.14. The van der Waals surface area contributed by atoms with E-state index in [0.717, 1.165) is 11.3 Å². The summed E-state index contributed by atoms with van der Waals surface area (Å²) in [5.74, 6) is 0.373. The number of methoxy groups -OCH3 is 1. The number of hydrogen-bond donors (Lipinski definition) is 1. The van der Waals surface area contributed by atoms with Crippen LogP contribution in [0, 0.1) is 0 Å². The van der Waals surface area contributed by atoms with Gasteiger partial charge in [0, 0.05) is 11.6 Å². The Morgan fingerprint density at radius 2 is 2.00 bits per heavy atom. The second-order valence-electron chi connectivity index (χ2n) is 6.83. The van der Waals surface area contributed by atoms with Crippen LogP contribution in [0.2, 0.25) is 0 Å². The van der Waals surface area contributed by atoms with E-state index in [9.17, 15) is 9.90 Å². The fourth-order valence-corrected chi connectivity index (χ4v) is 4.14. The van der Waals surface area contributed by atoms with E-state index in [0.29, 0.717) is 27.8 Å². The molecule has 0 bridgehead atoms. The van der Waals surface area contributed by atoms with Crippen molar-refractivity contribution in [1.29, 1.82) is 0 Å². The lowest BCUT2D eigenvalue weighted by molar-refractivity contribution is -0.123. The first-order chi connectivity index (χ1) is 13.9. The quantitative estimate of drug-likeness (QED) is 0.531. The second-order valence-corrected chi connectivity index (χ2v) is 7.84. The lowest BCUT2D eigenvalue weighted by atomic mass is 10.1. The minimum atomic E-state index is -0.0861. The third-order valence-corrected chi connectivity index (χ3v) is 5.38. The van der Waals surface area contributed by atoms with Crippen molar-refractivity contribution < 1.29 is 14.6 Å². The van der Waals surface area contributed by atoms with Gasteiger partial charge in [-0.25, -0.2) is 4.99 Å². The summed E-state index contributed by atoms with van der Waals surface area (Å²) in [5, 5.41) is 10.9. The number of phenols is 1. The number of carbonyl (C=O) groups excluding carboxylic acids is 1. The summed E-state index contributed by atoms with van der Waals surface area (Å²) in [5.41, 5.74) is 2.27. The van der Waals surface area contributed by atoms with E-state index < -0.39 is 0 Å². The molecule has 1 heterocycles. The number of hydrogen-bond acceptors (Lipinski definition) is 5. The minimum absolute atomic E-state index is 0.0194. The molecule has 0 saturated carbocycles. The molecular formula is C23H24N2O3S. The number of amides is 1. The first kappa shape index (κ1) is 20.7. The number of para-hydroxylation sites is 1. The molecule has 0 unspecified atom stereocenters. The van der Waals surface area contributed by atoms with Crippen LogP contribution < -0.4 is 4.74 Å². The number of thioether (sulfide) groups is 1. The third-order valence-electron chi connectivity index (χ3n) is 4.39. The molecule has 1 amide bonds. The van der Waals surface area contributed by atoms with Gasteiger partial charge >= 0.3 is 0 Å². The normalized spacial score (nSPS) is 16.8. The number of benzene rings is 2. The van der Waals surface area contributed by atoms with E-state index in [1.54, 1.807) is 17.0 Å². The summed E-state index contributed by atoms with van der Waals surface area (Å²) in [6.07, 6.45) is 4.02. The van der Waals surface area contributed by atoms with Crippen LogP contribution in [0.4, 0.5) is 5.69 Å². The highest BCUT2D eigenvalue weighted by atomic mass is 32.2. The number of carbonyl (C=O) groups is 1. The molecule has 1 aliphatic rings. The van der Waals surface area contributed by atoms with Gasteiger partial charge in [0.25, 0.3) is 5.91 Å². The van der Waals surface area contributed by atoms with Crippen molar-refractivity contribution in [2.75, 3.05) is 7.11 Å². The molecule has 0 aromatic heterocycles. The molecule has 0 aliphatic carbocycles. The van der Waals surface area contributed by atoms with Crippen molar-refractivity contribution in [2.24, 2.45) is 4.99 Å². The second kappa shape index (κ2) is 9.01. The molecule has 2 aromatic carbocycles. The lowest BCUT2D eigenvalue weighted by Crippen LogP contribution is -2.35. The smallest absolute Gasteiger partial charge is 0.266 e. The van der Waals surface area contributed by atoms with Crippen molar-refractivity contribution in [3.05, 3.63) is 71.2 Å². The van der Waals surface area contributed by atoms with Crippen LogP contribution in [-0.4, -0.2) is 34.2 Å². The average molecular weight is 409 g/mol. The van der Waals surface area contributed by atoms with Crippen LogP contribution in [0.25, 0.3) is 6.08 Å². The van der Waals surface area contributed by atoms with Gasteiger partial charge in [0.1, 0.15) is 0 Å². The van der Waals surface area contributed by atoms with E-state index in [1.807, 2.05) is 56.3 Å². The monoisotopic (exact) mass is 408 g/mol. The third kappa shape index (κ3) is 4.54. The number of nitrogens with zero attached hydrogens (tertiary/aromatic N) is 2. The fraction of sp³-hybridized carbons (Fsp3) is 0.217. The van der Waals surface area contributed by atoms with Gasteiger partial charge in [0.2, 0.25) is 0 Å². The molecule has 2 aromatic rings. The summed E-state index contributed by atoms with van der Waals surface area (Å²) in [4.78, 5) is 20.0. The minimum Gasteiger partial charge on any atom is -0.504 e. The maximum atomic E-state index is 13.0. The number of phenolic OH excluding ortho intramolecular Hbond substituents is 1. The summed E-state index contributed by atoms with van der Waals surface area (Å²) >= 11 is 1.35. The Bertz CT molecular complexity index is 981. The van der Waals surface area contributed by atoms with Crippen molar-refractivity contribution in [3.8, 4) is 11.5 Å². The van der Waals surface area contributed by atoms with Crippen LogP contribution in [0.5, 0.6) is 11.5 Å². The van der Waals surface area contributed by atoms with Gasteiger partial charge in [0.15, 0.2) is 16.7 Å². The molecule has 0 spiro atoms. The molecule has 1 fully saturated rings. The van der Waals surface area contributed by atoms with Crippen molar-refractivity contribution >= 4 is 34.6 Å². The Balaban J connectivity index is 2.02. The van der Waals surface area contributed by atoms with Gasteiger partial charge in [-0.15, -0.1) is 6.58 Å². The topological polar surface area (TPSA) is 62.1 Å². The van der Waals surface area contributed by atoms with Gasteiger partial charge in [-0.3, -0.25) is 9.69 Å². The fourth-order valence-electron chi connectivity index (χ4n) is 3.02. The Kier molecular flexibility index (Phi) is 6.44. The van der Waals surface area contributed by atoms with Gasteiger partial charge in [-0.05, 0) is 67.9 Å². The number of aliphatic imine (C=N–C) groups is 1. The number of rotatable bonds is 6. The van der Waals surface area contributed by atoms with Gasteiger partial charge in [-0.1, -0.05) is 24.3 Å². The molecule has 150 valence electrons. The van der Waals surface area contributed by atoms with Gasteiger partial charge in [-0.2, -0.15) is 0 Å². The largest absolute Gasteiger partial charge is 0.504 e. The molecule has 0 radical (unpaired) electrons. The number of ether oxygens (including phenoxy) is 1. The standard InChI is InChI=1S/C23H24N2O3S/c1-5-9-17-12-16(13-19(28-4)21(17)26)14-20-22(27)25(15(2)3)23(29-20)24-18-10-7-6-8-11-18/h5-8,10-15,26H,1,9H2,2-4H3/b20-14+,24-23?. The van der Waals surface area contributed by atoms with E-state index in [2.05, 4.69) is 11.6 Å². The van der Waals surface area contributed by atoms with Crippen LogP contribution in [0.3, 0.4) is 0 Å². The molecule has 6 heteroatoms.